The van der Waals surface area contributed by atoms with Gasteiger partial charge in [0.2, 0.25) is 0 Å². The Morgan fingerprint density at radius 2 is 1.84 bits per heavy atom. The summed E-state index contributed by atoms with van der Waals surface area (Å²) in [4.78, 5) is 13.6. The second-order valence-corrected chi connectivity index (χ2v) is 5.84. The molecule has 0 saturated carbocycles. The van der Waals surface area contributed by atoms with Crippen LogP contribution in [0, 0.1) is 6.92 Å². The maximum Gasteiger partial charge on any atom is 0.176 e. The maximum absolute atomic E-state index is 12.4. The first-order valence-corrected chi connectivity index (χ1v) is 7.41. The fourth-order valence-corrected chi connectivity index (χ4v) is 3.11. The predicted octanol–water partition coefficient (Wildman–Crippen LogP) is 4.75. The molecule has 0 aliphatic heterocycles. The smallest absolute Gasteiger partial charge is 0.176 e. The van der Waals surface area contributed by atoms with Crippen molar-refractivity contribution in [2.75, 3.05) is 0 Å². The quantitative estimate of drug-likeness (QED) is 0.576. The Kier molecular flexibility index (Phi) is 4.80. The number of hydrogen-bond acceptors (Lipinski definition) is 2. The summed E-state index contributed by atoms with van der Waals surface area (Å²) in [5, 5.41) is -0.0100. The highest BCUT2D eigenvalue weighted by Crippen LogP contribution is 2.28. The Morgan fingerprint density at radius 1 is 1.11 bits per heavy atom. The fraction of sp³-hybridized carbons (Fsp3) is 0.235. The van der Waals surface area contributed by atoms with Gasteiger partial charge in [-0.1, -0.05) is 55.0 Å². The lowest BCUT2D eigenvalue weighted by molar-refractivity contribution is 0.0988. The number of hydrogen-bond donors (Lipinski definition) is 0. The molecule has 0 saturated heterocycles. The van der Waals surface area contributed by atoms with Gasteiger partial charge in [0.15, 0.2) is 5.78 Å². The van der Waals surface area contributed by atoms with Crippen molar-refractivity contribution in [2.24, 2.45) is 0 Å². The molecule has 0 radical (unpaired) electrons. The van der Waals surface area contributed by atoms with Gasteiger partial charge in [-0.25, -0.2) is 0 Å². The van der Waals surface area contributed by atoms with Crippen molar-refractivity contribution in [1.29, 1.82) is 0 Å². The van der Waals surface area contributed by atoms with Crippen molar-refractivity contribution in [3.8, 4) is 0 Å². The molecule has 0 N–H and O–H groups in total. The van der Waals surface area contributed by atoms with Gasteiger partial charge in [0.1, 0.15) is 0 Å². The molecule has 0 heterocycles. The number of aryl methyl sites for hydroxylation is 1. The first kappa shape index (κ1) is 13.9. The predicted molar refractivity (Wildman–Crippen MR) is 81.9 cm³/mol. The lowest BCUT2D eigenvalue weighted by Gasteiger charge is -2.13. The third-order valence-electron chi connectivity index (χ3n) is 2.99. The van der Waals surface area contributed by atoms with Crippen LogP contribution in [0.3, 0.4) is 0 Å². The largest absolute Gasteiger partial charge is 0.293 e. The zero-order valence-electron chi connectivity index (χ0n) is 11.3. The average molecular weight is 270 g/mol. The monoisotopic (exact) mass is 270 g/mol. The first-order chi connectivity index (χ1) is 9.20. The minimum absolute atomic E-state index is 0.0100. The number of ketones is 1. The van der Waals surface area contributed by atoms with Crippen molar-refractivity contribution < 1.29 is 4.79 Å². The maximum atomic E-state index is 12.4. The summed E-state index contributed by atoms with van der Waals surface area (Å²) in [6.45, 7) is 4.14. The lowest BCUT2D eigenvalue weighted by atomic mass is 10.1. The van der Waals surface area contributed by atoms with Gasteiger partial charge in [0, 0.05) is 10.5 Å². The zero-order valence-corrected chi connectivity index (χ0v) is 12.1. The van der Waals surface area contributed by atoms with Crippen LogP contribution < -0.4 is 0 Å². The van der Waals surface area contributed by atoms with Crippen molar-refractivity contribution in [3.05, 3.63) is 65.7 Å². The highest BCUT2D eigenvalue weighted by molar-refractivity contribution is 8.00. The van der Waals surface area contributed by atoms with Gasteiger partial charge in [0.05, 0.1) is 5.25 Å². The van der Waals surface area contributed by atoms with E-state index < -0.39 is 0 Å². The highest BCUT2D eigenvalue weighted by Gasteiger charge is 2.19. The normalized spacial score (nSPS) is 12.1. The molecule has 98 valence electrons. The molecule has 2 aromatic carbocycles. The van der Waals surface area contributed by atoms with Gasteiger partial charge in [-0.2, -0.15) is 0 Å². The van der Waals surface area contributed by atoms with Crippen molar-refractivity contribution >= 4 is 17.5 Å². The summed E-state index contributed by atoms with van der Waals surface area (Å²) in [6, 6.07) is 17.9. The molecule has 19 heavy (non-hydrogen) atoms. The molecule has 0 spiro atoms. The van der Waals surface area contributed by atoms with Crippen LogP contribution >= 0.6 is 11.8 Å². The van der Waals surface area contributed by atoms with Gasteiger partial charge in [0.25, 0.3) is 0 Å². The summed E-state index contributed by atoms with van der Waals surface area (Å²) >= 11 is 1.66. The summed E-state index contributed by atoms with van der Waals surface area (Å²) in [6.07, 6.45) is 0.840. The summed E-state index contributed by atoms with van der Waals surface area (Å²) in [5.74, 6) is 0.217. The topological polar surface area (TPSA) is 17.1 Å². The van der Waals surface area contributed by atoms with E-state index in [2.05, 4.69) is 32.0 Å². The van der Waals surface area contributed by atoms with Gasteiger partial charge >= 0.3 is 0 Å². The van der Waals surface area contributed by atoms with Gasteiger partial charge in [-0.15, -0.1) is 11.8 Å². The number of carbonyl (C=O) groups is 1. The summed E-state index contributed by atoms with van der Waals surface area (Å²) in [5.41, 5.74) is 2.03. The van der Waals surface area contributed by atoms with E-state index in [1.54, 1.807) is 11.8 Å². The molecule has 0 fully saturated rings. The van der Waals surface area contributed by atoms with Gasteiger partial charge in [-0.05, 0) is 25.5 Å². The number of Topliss-reactive ketones (excluding diaryl/α,β-unsaturated/α-hetero) is 1. The van der Waals surface area contributed by atoms with Crippen LogP contribution in [0.2, 0.25) is 0 Å². The standard InChI is InChI=1S/C17H18OS/c1-3-16(17(18)14-9-5-4-6-10-14)19-15-11-7-8-13(2)12-15/h4-12,16H,3H2,1-2H3. The molecule has 0 aliphatic rings. The molecule has 1 unspecified atom stereocenters. The van der Waals surface area contributed by atoms with Crippen LogP contribution in [-0.2, 0) is 0 Å². The molecule has 2 rings (SSSR count). The molecule has 2 heteroatoms. The van der Waals surface area contributed by atoms with E-state index in [9.17, 15) is 4.79 Å². The van der Waals surface area contributed by atoms with Crippen LogP contribution in [0.25, 0.3) is 0 Å². The SMILES string of the molecule is CCC(Sc1cccc(C)c1)C(=O)c1ccccc1. The Bertz CT molecular complexity index is 548. The number of carbonyl (C=O) groups excluding carboxylic acids is 1. The van der Waals surface area contributed by atoms with Gasteiger partial charge < -0.3 is 0 Å². The molecule has 1 nitrogen and oxygen atoms in total. The molecule has 2 aromatic rings. The molecule has 0 aliphatic carbocycles. The lowest BCUT2D eigenvalue weighted by Crippen LogP contribution is -2.16. The van der Waals surface area contributed by atoms with Crippen LogP contribution in [0.4, 0.5) is 0 Å². The van der Waals surface area contributed by atoms with E-state index in [1.165, 1.54) is 5.56 Å². The Balaban J connectivity index is 2.15. The van der Waals surface area contributed by atoms with Crippen LogP contribution in [0.1, 0.15) is 29.3 Å². The summed E-state index contributed by atoms with van der Waals surface area (Å²) < 4.78 is 0. The van der Waals surface area contributed by atoms with Crippen molar-refractivity contribution in [2.45, 2.75) is 30.4 Å². The Labute approximate surface area is 119 Å². The summed E-state index contributed by atoms with van der Waals surface area (Å²) in [7, 11) is 0. The molecule has 1 atom stereocenters. The zero-order chi connectivity index (χ0) is 13.7. The van der Waals surface area contributed by atoms with Gasteiger partial charge in [-0.3, -0.25) is 4.79 Å². The molecular formula is C17H18OS. The van der Waals surface area contributed by atoms with E-state index in [0.717, 1.165) is 16.9 Å². The van der Waals surface area contributed by atoms with E-state index >= 15 is 0 Å². The second-order valence-electron chi connectivity index (χ2n) is 4.56. The minimum atomic E-state index is -0.0100. The molecule has 0 bridgehead atoms. The fourth-order valence-electron chi connectivity index (χ4n) is 1.96. The highest BCUT2D eigenvalue weighted by atomic mass is 32.2. The first-order valence-electron chi connectivity index (χ1n) is 6.53. The molecule has 0 amide bonds. The van der Waals surface area contributed by atoms with E-state index in [4.69, 9.17) is 0 Å². The number of rotatable bonds is 5. The minimum Gasteiger partial charge on any atom is -0.293 e. The van der Waals surface area contributed by atoms with Crippen molar-refractivity contribution in [3.63, 3.8) is 0 Å². The molecule has 0 aromatic heterocycles. The third kappa shape index (κ3) is 3.71. The second kappa shape index (κ2) is 6.58. The van der Waals surface area contributed by atoms with Crippen LogP contribution in [0.5, 0.6) is 0 Å². The average Bonchev–Trinajstić information content (AvgIpc) is 2.45. The number of benzene rings is 2. The van der Waals surface area contributed by atoms with Crippen molar-refractivity contribution in [1.82, 2.24) is 0 Å². The van der Waals surface area contributed by atoms with Crippen LogP contribution in [0.15, 0.2) is 59.5 Å². The van der Waals surface area contributed by atoms with E-state index in [1.807, 2.05) is 36.4 Å². The van der Waals surface area contributed by atoms with E-state index in [0.29, 0.717) is 0 Å². The van der Waals surface area contributed by atoms with E-state index in [-0.39, 0.29) is 11.0 Å². The van der Waals surface area contributed by atoms with Crippen LogP contribution in [-0.4, -0.2) is 11.0 Å². The third-order valence-corrected chi connectivity index (χ3v) is 4.35. The number of thioether (sulfide) groups is 1. The Hall–Kier alpha value is -1.54. The molecular weight excluding hydrogens is 252 g/mol. The Morgan fingerprint density at radius 3 is 2.47 bits per heavy atom.